The Bertz CT molecular complexity index is 596. The highest BCUT2D eigenvalue weighted by Crippen LogP contribution is 2.19. The first kappa shape index (κ1) is 15.8. The molecule has 1 atom stereocenters. The number of benzene rings is 1. The fourth-order valence-corrected chi connectivity index (χ4v) is 3.30. The van der Waals surface area contributed by atoms with Crippen LogP contribution in [0.25, 0.3) is 0 Å². The maximum atomic E-state index is 12.0. The lowest BCUT2D eigenvalue weighted by Gasteiger charge is -2.34. The second-order valence-corrected chi connectivity index (χ2v) is 6.89. The standard InChI is InChI=1S/C14H19NO5S/c1-11-4-6-13(7-5-11)21(18,19)20-10-12-3-2-8-15(9-12)14(16)17/h4-7,12H,2-3,8-10H2,1H3,(H,16,17)/p-1. The molecular formula is C14H18NO5S-. The zero-order chi connectivity index (χ0) is 15.5. The lowest BCUT2D eigenvalue weighted by molar-refractivity contribution is -0.267. The molecule has 1 aliphatic rings. The summed E-state index contributed by atoms with van der Waals surface area (Å²) < 4.78 is 29.1. The molecule has 2 rings (SSSR count). The maximum Gasteiger partial charge on any atom is 0.296 e. The Hall–Kier alpha value is -1.60. The summed E-state index contributed by atoms with van der Waals surface area (Å²) in [6.07, 6.45) is 0.209. The molecule has 0 saturated carbocycles. The number of likely N-dealkylation sites (tertiary alicyclic amines) is 1. The molecule has 0 bridgehead atoms. The molecule has 0 aliphatic carbocycles. The zero-order valence-electron chi connectivity index (χ0n) is 11.8. The van der Waals surface area contributed by atoms with E-state index in [0.29, 0.717) is 13.0 Å². The molecule has 1 heterocycles. The second kappa shape index (κ2) is 6.44. The van der Waals surface area contributed by atoms with Gasteiger partial charge in [-0.2, -0.15) is 8.42 Å². The van der Waals surface area contributed by atoms with Crippen molar-refractivity contribution >= 4 is 16.2 Å². The number of piperidine rings is 1. The maximum absolute atomic E-state index is 12.0. The molecule has 0 radical (unpaired) electrons. The Balaban J connectivity index is 1.95. The molecule has 1 unspecified atom stereocenters. The van der Waals surface area contributed by atoms with E-state index in [1.54, 1.807) is 12.1 Å². The average molecular weight is 312 g/mol. The number of carbonyl (C=O) groups is 1. The van der Waals surface area contributed by atoms with Crippen LogP contribution in [0.4, 0.5) is 4.79 Å². The fourth-order valence-electron chi connectivity index (χ4n) is 2.33. The quantitative estimate of drug-likeness (QED) is 0.766. The predicted octanol–water partition coefficient (Wildman–Crippen LogP) is 0.756. The van der Waals surface area contributed by atoms with Gasteiger partial charge in [-0.15, -0.1) is 0 Å². The van der Waals surface area contributed by atoms with E-state index in [9.17, 15) is 18.3 Å². The van der Waals surface area contributed by atoms with Crippen molar-refractivity contribution in [3.05, 3.63) is 29.8 Å². The lowest BCUT2D eigenvalue weighted by atomic mass is 10.00. The fraction of sp³-hybridized carbons (Fsp3) is 0.500. The van der Waals surface area contributed by atoms with Gasteiger partial charge in [-0.05, 0) is 31.9 Å². The highest BCUT2D eigenvalue weighted by Gasteiger charge is 2.23. The summed E-state index contributed by atoms with van der Waals surface area (Å²) >= 11 is 0. The molecule has 1 aliphatic heterocycles. The molecule has 1 amide bonds. The average Bonchev–Trinajstić information content (AvgIpc) is 2.46. The van der Waals surface area contributed by atoms with E-state index in [4.69, 9.17) is 4.18 Å². The first-order valence-corrected chi connectivity index (χ1v) is 8.21. The minimum Gasteiger partial charge on any atom is -0.530 e. The van der Waals surface area contributed by atoms with Crippen molar-refractivity contribution in [3.63, 3.8) is 0 Å². The summed E-state index contributed by atoms with van der Waals surface area (Å²) in [6, 6.07) is 6.40. The molecule has 21 heavy (non-hydrogen) atoms. The number of carbonyl (C=O) groups excluding carboxylic acids is 1. The second-order valence-electron chi connectivity index (χ2n) is 5.27. The van der Waals surface area contributed by atoms with Gasteiger partial charge in [-0.1, -0.05) is 17.7 Å². The van der Waals surface area contributed by atoms with Gasteiger partial charge in [0.25, 0.3) is 10.1 Å². The van der Waals surface area contributed by atoms with Gasteiger partial charge in [0.05, 0.1) is 11.5 Å². The van der Waals surface area contributed by atoms with Crippen LogP contribution >= 0.6 is 0 Å². The molecule has 6 nitrogen and oxygen atoms in total. The SMILES string of the molecule is Cc1ccc(S(=O)(=O)OCC2CCCN(C(=O)[O-])C2)cc1. The van der Waals surface area contributed by atoms with Crippen molar-refractivity contribution in [2.45, 2.75) is 24.7 Å². The van der Waals surface area contributed by atoms with E-state index in [1.807, 2.05) is 6.92 Å². The Morgan fingerprint density at radius 1 is 1.38 bits per heavy atom. The number of nitrogens with zero attached hydrogens (tertiary/aromatic N) is 1. The van der Waals surface area contributed by atoms with Crippen LogP contribution in [0.5, 0.6) is 0 Å². The summed E-state index contributed by atoms with van der Waals surface area (Å²) in [5.41, 5.74) is 0.964. The monoisotopic (exact) mass is 312 g/mol. The number of hydrogen-bond donors (Lipinski definition) is 0. The summed E-state index contributed by atoms with van der Waals surface area (Å²) in [5.74, 6) is -0.128. The van der Waals surface area contributed by atoms with Crippen molar-refractivity contribution in [2.24, 2.45) is 5.92 Å². The van der Waals surface area contributed by atoms with Crippen LogP contribution in [0.1, 0.15) is 18.4 Å². The number of amides is 1. The molecule has 1 aromatic carbocycles. The lowest BCUT2D eigenvalue weighted by Crippen LogP contribution is -2.47. The molecule has 0 spiro atoms. The van der Waals surface area contributed by atoms with Crippen LogP contribution < -0.4 is 5.11 Å². The topological polar surface area (TPSA) is 86.7 Å². The van der Waals surface area contributed by atoms with E-state index >= 15 is 0 Å². The number of aryl methyl sites for hydroxylation is 1. The first-order chi connectivity index (χ1) is 9.88. The highest BCUT2D eigenvalue weighted by molar-refractivity contribution is 7.86. The first-order valence-electron chi connectivity index (χ1n) is 6.80. The number of rotatable bonds is 4. The van der Waals surface area contributed by atoms with E-state index < -0.39 is 16.2 Å². The molecule has 1 aromatic rings. The Morgan fingerprint density at radius 2 is 2.05 bits per heavy atom. The third kappa shape index (κ3) is 4.18. The summed E-state index contributed by atoms with van der Waals surface area (Å²) in [5, 5.41) is 10.8. The van der Waals surface area contributed by atoms with Crippen LogP contribution in [-0.2, 0) is 14.3 Å². The van der Waals surface area contributed by atoms with E-state index in [-0.39, 0.29) is 24.0 Å². The Kier molecular flexibility index (Phi) is 4.84. The van der Waals surface area contributed by atoms with Gasteiger partial charge in [0.15, 0.2) is 0 Å². The van der Waals surface area contributed by atoms with Crippen molar-refractivity contribution in [2.75, 3.05) is 19.7 Å². The Morgan fingerprint density at radius 3 is 2.67 bits per heavy atom. The summed E-state index contributed by atoms with van der Waals surface area (Å²) in [6.45, 7) is 2.54. The molecule has 7 heteroatoms. The van der Waals surface area contributed by atoms with Gasteiger partial charge in [-0.3, -0.25) is 4.18 Å². The third-order valence-electron chi connectivity index (χ3n) is 3.55. The molecule has 1 saturated heterocycles. The van der Waals surface area contributed by atoms with Crippen molar-refractivity contribution in [1.82, 2.24) is 4.90 Å². The van der Waals surface area contributed by atoms with E-state index in [1.165, 1.54) is 17.0 Å². The summed E-state index contributed by atoms with van der Waals surface area (Å²) in [4.78, 5) is 12.1. The van der Waals surface area contributed by atoms with E-state index in [2.05, 4.69) is 0 Å². The van der Waals surface area contributed by atoms with Crippen LogP contribution in [0, 0.1) is 12.8 Å². The molecule has 116 valence electrons. The highest BCUT2D eigenvalue weighted by atomic mass is 32.2. The Labute approximate surface area is 124 Å². The van der Waals surface area contributed by atoms with Gasteiger partial charge in [0.1, 0.15) is 6.09 Å². The normalized spacial score (nSPS) is 19.5. The number of carboxylic acid groups (broad SMARTS) is 1. The van der Waals surface area contributed by atoms with Crippen LogP contribution in [0.3, 0.4) is 0 Å². The molecule has 0 N–H and O–H groups in total. The smallest absolute Gasteiger partial charge is 0.296 e. The van der Waals surface area contributed by atoms with Gasteiger partial charge in [0, 0.05) is 19.0 Å². The number of hydrogen-bond acceptors (Lipinski definition) is 5. The summed E-state index contributed by atoms with van der Waals surface area (Å²) in [7, 11) is -3.80. The van der Waals surface area contributed by atoms with Gasteiger partial charge in [-0.25, -0.2) is 0 Å². The van der Waals surface area contributed by atoms with Crippen molar-refractivity contribution in [3.8, 4) is 0 Å². The third-order valence-corrected chi connectivity index (χ3v) is 4.84. The van der Waals surface area contributed by atoms with Crippen LogP contribution in [0.2, 0.25) is 0 Å². The van der Waals surface area contributed by atoms with Crippen molar-refractivity contribution < 1.29 is 22.5 Å². The van der Waals surface area contributed by atoms with Crippen molar-refractivity contribution in [1.29, 1.82) is 0 Å². The minimum atomic E-state index is -3.80. The van der Waals surface area contributed by atoms with Gasteiger partial charge in [0.2, 0.25) is 0 Å². The molecule has 1 fully saturated rings. The zero-order valence-corrected chi connectivity index (χ0v) is 12.6. The predicted molar refractivity (Wildman–Crippen MR) is 74.0 cm³/mol. The van der Waals surface area contributed by atoms with E-state index in [0.717, 1.165) is 12.0 Å². The van der Waals surface area contributed by atoms with Crippen LogP contribution in [-0.4, -0.2) is 39.1 Å². The largest absolute Gasteiger partial charge is 0.530 e. The minimum absolute atomic E-state index is 0.0139. The van der Waals surface area contributed by atoms with Gasteiger partial charge < -0.3 is 14.8 Å². The van der Waals surface area contributed by atoms with Gasteiger partial charge >= 0.3 is 0 Å². The molecule has 0 aromatic heterocycles. The molecular weight excluding hydrogens is 294 g/mol. The van der Waals surface area contributed by atoms with Crippen LogP contribution in [0.15, 0.2) is 29.2 Å².